The second-order valence-corrected chi connectivity index (χ2v) is 34.2. The van der Waals surface area contributed by atoms with E-state index in [0.29, 0.717) is 31.6 Å². The predicted octanol–water partition coefficient (Wildman–Crippen LogP) is 25.8. The van der Waals surface area contributed by atoms with E-state index in [2.05, 4.69) is 41.5 Å². The van der Waals surface area contributed by atoms with Gasteiger partial charge < -0.3 is 33.8 Å². The summed E-state index contributed by atoms with van der Waals surface area (Å²) in [6.45, 7) is 9.67. The second-order valence-electron chi connectivity index (χ2n) is 31.3. The molecule has 19 heteroatoms. The molecule has 0 saturated heterocycles. The zero-order chi connectivity index (χ0) is 76.4. The molecule has 0 aliphatic heterocycles. The molecular weight excluding hydrogens is 1350 g/mol. The molecule has 0 spiro atoms. The smallest absolute Gasteiger partial charge is 0.462 e. The van der Waals surface area contributed by atoms with E-state index in [1.54, 1.807) is 0 Å². The number of carbonyl (C=O) groups is 4. The minimum absolute atomic E-state index is 0.107. The molecule has 0 heterocycles. The summed E-state index contributed by atoms with van der Waals surface area (Å²) in [4.78, 5) is 73.1. The lowest BCUT2D eigenvalue weighted by Gasteiger charge is -2.21. The van der Waals surface area contributed by atoms with Crippen molar-refractivity contribution in [1.29, 1.82) is 0 Å². The fraction of sp³-hybridized carbons (Fsp3) is 0.953. The molecule has 0 aromatic rings. The number of carbonyl (C=O) groups excluding carboxylic acids is 4. The van der Waals surface area contributed by atoms with Crippen LogP contribution in [0.2, 0.25) is 0 Å². The topological polar surface area (TPSA) is 237 Å². The Hall–Kier alpha value is -1.94. The Kier molecular flexibility index (Phi) is 75.0. The molecule has 0 aromatic heterocycles. The van der Waals surface area contributed by atoms with E-state index in [4.69, 9.17) is 37.0 Å². The van der Waals surface area contributed by atoms with E-state index < -0.39 is 97.5 Å². The minimum atomic E-state index is -4.96. The number of hydrogen-bond acceptors (Lipinski definition) is 15. The number of aliphatic hydroxyl groups is 1. The molecule has 0 bridgehead atoms. The van der Waals surface area contributed by atoms with Gasteiger partial charge in [-0.3, -0.25) is 37.3 Å². The van der Waals surface area contributed by atoms with Crippen molar-refractivity contribution in [2.75, 3.05) is 39.6 Å². The van der Waals surface area contributed by atoms with Crippen LogP contribution in [0.3, 0.4) is 0 Å². The molecule has 17 nitrogen and oxygen atoms in total. The van der Waals surface area contributed by atoms with Gasteiger partial charge in [-0.05, 0) is 37.5 Å². The molecule has 0 aromatic carbocycles. The summed E-state index contributed by atoms with van der Waals surface area (Å²) in [5, 5.41) is 10.7. The van der Waals surface area contributed by atoms with Crippen LogP contribution in [0.25, 0.3) is 0 Å². The Balaban J connectivity index is 5.20. The monoisotopic (exact) mass is 1520 g/mol. The number of unbranched alkanes of at least 4 members (excludes halogenated alkanes) is 53. The molecule has 3 N–H and O–H groups in total. The lowest BCUT2D eigenvalue weighted by atomic mass is 9.99. The Labute approximate surface area is 638 Å². The van der Waals surface area contributed by atoms with Gasteiger partial charge in [-0.25, -0.2) is 9.13 Å². The lowest BCUT2D eigenvalue weighted by Crippen LogP contribution is -2.30. The SMILES string of the molecule is CCCCCCCCCCCCCCCCCCCCCCC(=O)OC[C@H](COP(=O)(O)OC[C@@H](O)COP(=O)(O)OC[C@@H](COC(=O)CCCCCCCCCC(C)C)OC(=O)CCCCCCCCCCCCCC)OC(=O)CCCCCCCCCCCCCCCCCCCCC(C)CC. The van der Waals surface area contributed by atoms with Gasteiger partial charge in [0, 0.05) is 25.7 Å². The van der Waals surface area contributed by atoms with Crippen LogP contribution in [0.4, 0.5) is 0 Å². The number of rotatable bonds is 84. The predicted molar refractivity (Wildman–Crippen MR) is 428 cm³/mol. The van der Waals surface area contributed by atoms with Crippen molar-refractivity contribution in [3.63, 3.8) is 0 Å². The highest BCUT2D eigenvalue weighted by molar-refractivity contribution is 7.47. The number of hydrogen-bond donors (Lipinski definition) is 3. The first kappa shape index (κ1) is 102. The molecule has 104 heavy (non-hydrogen) atoms. The summed E-state index contributed by atoms with van der Waals surface area (Å²) in [7, 11) is -9.92. The average Bonchev–Trinajstić information content (AvgIpc) is 0.908. The van der Waals surface area contributed by atoms with Gasteiger partial charge in [0.25, 0.3) is 0 Å². The quantitative estimate of drug-likeness (QED) is 0.0222. The number of aliphatic hydroxyl groups excluding tert-OH is 1. The molecule has 0 rings (SSSR count). The summed E-state index contributed by atoms with van der Waals surface area (Å²) >= 11 is 0. The van der Waals surface area contributed by atoms with Gasteiger partial charge >= 0.3 is 39.5 Å². The molecule has 0 saturated carbocycles. The third-order valence-corrected chi connectivity index (χ3v) is 22.2. The highest BCUT2D eigenvalue weighted by atomic mass is 31.2. The average molecular weight is 1520 g/mol. The van der Waals surface area contributed by atoms with Crippen molar-refractivity contribution in [2.24, 2.45) is 11.8 Å². The largest absolute Gasteiger partial charge is 0.472 e. The summed E-state index contributed by atoms with van der Waals surface area (Å²) in [6, 6.07) is 0. The van der Waals surface area contributed by atoms with Crippen molar-refractivity contribution >= 4 is 39.5 Å². The molecular formula is C85H166O17P2. The van der Waals surface area contributed by atoms with Crippen LogP contribution in [0.5, 0.6) is 0 Å². The van der Waals surface area contributed by atoms with Crippen molar-refractivity contribution in [3.05, 3.63) is 0 Å². The second kappa shape index (κ2) is 76.4. The maximum atomic E-state index is 13.1. The molecule has 3 unspecified atom stereocenters. The molecule has 0 radical (unpaired) electrons. The van der Waals surface area contributed by atoms with Crippen LogP contribution >= 0.6 is 15.6 Å². The van der Waals surface area contributed by atoms with Crippen LogP contribution in [-0.4, -0.2) is 96.7 Å². The van der Waals surface area contributed by atoms with Gasteiger partial charge in [-0.2, -0.15) is 0 Å². The van der Waals surface area contributed by atoms with Gasteiger partial charge in [0.1, 0.15) is 19.3 Å². The standard InChI is InChI=1S/C85H166O17P2/c1-7-10-12-14-16-18-20-22-23-24-25-26-30-33-36-40-43-49-55-61-67-82(87)95-73-80(101-85(90)70-64-58-51-45-41-37-34-31-28-27-29-32-35-38-42-48-54-60-66-78(6)9-3)75-99-103(91,92)97-71-79(86)72-98-104(93,94)100-76-81(74-96-83(88)68-62-56-52-46-47-53-59-65-77(4)5)102-84(89)69-63-57-50-44-39-21-19-17-15-13-11-8-2/h77-81,86H,7-76H2,1-6H3,(H,91,92)(H,93,94)/t78?,79-,80-,81-/m1/s1. The van der Waals surface area contributed by atoms with Gasteiger partial charge in [-0.15, -0.1) is 0 Å². The zero-order valence-corrected chi connectivity index (χ0v) is 70.1. The summed E-state index contributed by atoms with van der Waals surface area (Å²) in [5.41, 5.74) is 0. The van der Waals surface area contributed by atoms with Crippen molar-refractivity contribution in [1.82, 2.24) is 0 Å². The van der Waals surface area contributed by atoms with Gasteiger partial charge in [0.05, 0.1) is 26.4 Å². The number of ether oxygens (including phenoxy) is 4. The van der Waals surface area contributed by atoms with Crippen LogP contribution in [-0.2, 0) is 65.4 Å². The number of esters is 4. The van der Waals surface area contributed by atoms with E-state index >= 15 is 0 Å². The van der Waals surface area contributed by atoms with Crippen molar-refractivity contribution in [2.45, 2.75) is 471 Å². The maximum absolute atomic E-state index is 13.1. The zero-order valence-electron chi connectivity index (χ0n) is 68.3. The van der Waals surface area contributed by atoms with Crippen LogP contribution in [0, 0.1) is 11.8 Å². The summed E-state index contributed by atoms with van der Waals surface area (Å²) < 4.78 is 68.8. The Morgan fingerprint density at radius 2 is 0.490 bits per heavy atom. The van der Waals surface area contributed by atoms with E-state index in [-0.39, 0.29) is 25.7 Å². The Morgan fingerprint density at radius 3 is 0.731 bits per heavy atom. The first-order valence-electron chi connectivity index (χ1n) is 44.0. The van der Waals surface area contributed by atoms with Crippen LogP contribution in [0.1, 0.15) is 452 Å². The molecule has 0 aliphatic rings. The first-order chi connectivity index (χ1) is 50.4. The van der Waals surface area contributed by atoms with Crippen molar-refractivity contribution < 1.29 is 80.2 Å². The van der Waals surface area contributed by atoms with E-state index in [9.17, 15) is 43.2 Å². The molecule has 618 valence electrons. The Morgan fingerprint density at radius 1 is 0.279 bits per heavy atom. The van der Waals surface area contributed by atoms with Gasteiger partial charge in [0.15, 0.2) is 12.2 Å². The fourth-order valence-electron chi connectivity index (χ4n) is 13.2. The molecule has 0 aliphatic carbocycles. The van der Waals surface area contributed by atoms with E-state index in [1.807, 2.05) is 0 Å². The van der Waals surface area contributed by atoms with E-state index in [1.165, 1.54) is 263 Å². The first-order valence-corrected chi connectivity index (χ1v) is 47.0. The Bertz CT molecular complexity index is 2000. The number of phosphoric ester groups is 2. The van der Waals surface area contributed by atoms with Crippen molar-refractivity contribution in [3.8, 4) is 0 Å². The molecule has 0 amide bonds. The minimum Gasteiger partial charge on any atom is -0.462 e. The number of phosphoric acid groups is 2. The van der Waals surface area contributed by atoms with Gasteiger partial charge in [-0.1, -0.05) is 401 Å². The molecule has 0 fully saturated rings. The van der Waals surface area contributed by atoms with Crippen LogP contribution < -0.4 is 0 Å². The van der Waals surface area contributed by atoms with E-state index in [0.717, 1.165) is 102 Å². The highest BCUT2D eigenvalue weighted by Crippen LogP contribution is 2.45. The summed E-state index contributed by atoms with van der Waals surface area (Å²) in [6.07, 6.45) is 68.2. The highest BCUT2D eigenvalue weighted by Gasteiger charge is 2.30. The van der Waals surface area contributed by atoms with Crippen LogP contribution in [0.15, 0.2) is 0 Å². The van der Waals surface area contributed by atoms with Gasteiger partial charge in [0.2, 0.25) is 0 Å². The molecule has 6 atom stereocenters. The fourth-order valence-corrected chi connectivity index (χ4v) is 14.8. The third-order valence-electron chi connectivity index (χ3n) is 20.3. The lowest BCUT2D eigenvalue weighted by molar-refractivity contribution is -0.161. The maximum Gasteiger partial charge on any atom is 0.472 e. The normalized spacial score (nSPS) is 14.1. The third kappa shape index (κ3) is 76.8. The summed E-state index contributed by atoms with van der Waals surface area (Å²) in [5.74, 6) is -0.529.